The van der Waals surface area contributed by atoms with E-state index in [9.17, 15) is 4.79 Å². The number of hydrogen-bond donors (Lipinski definition) is 0. The molecule has 0 aliphatic heterocycles. The minimum atomic E-state index is -0.603. The Morgan fingerprint density at radius 3 is 2.40 bits per heavy atom. The lowest BCUT2D eigenvalue weighted by Gasteiger charge is -2.23. The van der Waals surface area contributed by atoms with Crippen molar-refractivity contribution in [1.29, 1.82) is 5.26 Å². The molecule has 1 amide bonds. The Morgan fingerprint density at radius 2 is 1.90 bits per heavy atom. The smallest absolute Gasteiger partial charge is 0.263 e. The minimum absolute atomic E-state index is 0.0728. The molecule has 0 aliphatic rings. The zero-order valence-electron chi connectivity index (χ0n) is 12.3. The first-order valence-corrected chi connectivity index (χ1v) is 6.60. The summed E-state index contributed by atoms with van der Waals surface area (Å²) in [5.41, 5.74) is 0.432. The van der Waals surface area contributed by atoms with E-state index in [4.69, 9.17) is 14.7 Å². The number of carbonyl (C=O) groups is 1. The van der Waals surface area contributed by atoms with Gasteiger partial charge in [0.2, 0.25) is 0 Å². The second kappa shape index (κ2) is 7.39. The standard InChI is InChI=1S/C15H20N2O3/c1-5-17(6-2)15(18)11(3)20-14-8-12(10-16)7-13(9-14)19-4/h7-9,11H,5-6H2,1-4H3. The molecule has 0 aromatic heterocycles. The summed E-state index contributed by atoms with van der Waals surface area (Å²) in [5, 5.41) is 8.95. The first-order valence-electron chi connectivity index (χ1n) is 6.60. The average molecular weight is 276 g/mol. The number of likely N-dealkylation sites (N-methyl/N-ethyl adjacent to an activating group) is 1. The van der Waals surface area contributed by atoms with E-state index in [0.29, 0.717) is 30.2 Å². The number of nitrogens with zero attached hydrogens (tertiary/aromatic N) is 2. The van der Waals surface area contributed by atoms with Gasteiger partial charge < -0.3 is 14.4 Å². The van der Waals surface area contributed by atoms with Crippen molar-refractivity contribution in [3.63, 3.8) is 0 Å². The van der Waals surface area contributed by atoms with Crippen molar-refractivity contribution >= 4 is 5.91 Å². The van der Waals surface area contributed by atoms with Crippen LogP contribution in [-0.2, 0) is 4.79 Å². The van der Waals surface area contributed by atoms with Crippen LogP contribution in [0.15, 0.2) is 18.2 Å². The summed E-state index contributed by atoms with van der Waals surface area (Å²) in [6.45, 7) is 6.84. The molecule has 0 N–H and O–H groups in total. The number of hydrogen-bond acceptors (Lipinski definition) is 4. The van der Waals surface area contributed by atoms with E-state index < -0.39 is 6.10 Å². The van der Waals surface area contributed by atoms with Gasteiger partial charge in [-0.1, -0.05) is 0 Å². The Bertz CT molecular complexity index is 504. The van der Waals surface area contributed by atoms with Crippen LogP contribution in [0.25, 0.3) is 0 Å². The lowest BCUT2D eigenvalue weighted by Crippen LogP contribution is -2.40. The van der Waals surface area contributed by atoms with E-state index in [1.807, 2.05) is 19.9 Å². The number of benzene rings is 1. The van der Waals surface area contributed by atoms with Crippen molar-refractivity contribution in [2.75, 3.05) is 20.2 Å². The maximum absolute atomic E-state index is 12.1. The van der Waals surface area contributed by atoms with Gasteiger partial charge in [0.25, 0.3) is 5.91 Å². The summed E-state index contributed by atoms with van der Waals surface area (Å²) in [6.07, 6.45) is -0.603. The Balaban J connectivity index is 2.87. The topological polar surface area (TPSA) is 62.6 Å². The summed E-state index contributed by atoms with van der Waals surface area (Å²) in [7, 11) is 1.52. The maximum atomic E-state index is 12.1. The van der Waals surface area contributed by atoms with Crippen LogP contribution < -0.4 is 9.47 Å². The highest BCUT2D eigenvalue weighted by atomic mass is 16.5. The lowest BCUT2D eigenvalue weighted by atomic mass is 10.2. The minimum Gasteiger partial charge on any atom is -0.497 e. The van der Waals surface area contributed by atoms with Crippen LogP contribution in [-0.4, -0.2) is 37.1 Å². The largest absolute Gasteiger partial charge is 0.497 e. The van der Waals surface area contributed by atoms with Gasteiger partial charge in [-0.25, -0.2) is 0 Å². The molecule has 20 heavy (non-hydrogen) atoms. The zero-order valence-corrected chi connectivity index (χ0v) is 12.3. The molecule has 0 aliphatic carbocycles. The number of amides is 1. The molecule has 0 radical (unpaired) electrons. The van der Waals surface area contributed by atoms with Gasteiger partial charge >= 0.3 is 0 Å². The van der Waals surface area contributed by atoms with Crippen LogP contribution in [0, 0.1) is 11.3 Å². The summed E-state index contributed by atoms with van der Waals surface area (Å²) < 4.78 is 10.7. The molecule has 1 unspecified atom stereocenters. The maximum Gasteiger partial charge on any atom is 0.263 e. The Kier molecular flexibility index (Phi) is 5.85. The molecule has 0 spiro atoms. The quantitative estimate of drug-likeness (QED) is 0.799. The molecule has 0 fully saturated rings. The monoisotopic (exact) mass is 276 g/mol. The van der Waals surface area contributed by atoms with E-state index in [2.05, 4.69) is 0 Å². The van der Waals surface area contributed by atoms with E-state index in [1.165, 1.54) is 7.11 Å². The molecule has 1 aromatic carbocycles. The summed E-state index contributed by atoms with van der Waals surface area (Å²) in [6, 6.07) is 6.90. The first kappa shape index (κ1) is 15.8. The number of carbonyl (C=O) groups excluding carboxylic acids is 1. The Morgan fingerprint density at radius 1 is 1.30 bits per heavy atom. The second-order valence-corrected chi connectivity index (χ2v) is 4.28. The fourth-order valence-electron chi connectivity index (χ4n) is 1.87. The Hall–Kier alpha value is -2.22. The summed E-state index contributed by atoms with van der Waals surface area (Å²) in [5.74, 6) is 0.909. The number of rotatable bonds is 6. The van der Waals surface area contributed by atoms with Crippen LogP contribution in [0.2, 0.25) is 0 Å². The van der Waals surface area contributed by atoms with E-state index >= 15 is 0 Å². The highest BCUT2D eigenvalue weighted by molar-refractivity contribution is 5.80. The van der Waals surface area contributed by atoms with Crippen LogP contribution in [0.3, 0.4) is 0 Å². The molecule has 1 rings (SSSR count). The normalized spacial score (nSPS) is 11.3. The van der Waals surface area contributed by atoms with E-state index in [0.717, 1.165) is 0 Å². The highest BCUT2D eigenvalue weighted by Gasteiger charge is 2.20. The highest BCUT2D eigenvalue weighted by Crippen LogP contribution is 2.23. The average Bonchev–Trinajstić information content (AvgIpc) is 2.47. The third-order valence-corrected chi connectivity index (χ3v) is 2.98. The SMILES string of the molecule is CCN(CC)C(=O)C(C)Oc1cc(C#N)cc(OC)c1. The predicted octanol–water partition coefficient (Wildman–Crippen LogP) is 2.20. The van der Waals surface area contributed by atoms with Crippen LogP contribution >= 0.6 is 0 Å². The summed E-state index contributed by atoms with van der Waals surface area (Å²) in [4.78, 5) is 13.8. The molecule has 0 heterocycles. The van der Waals surface area contributed by atoms with Gasteiger partial charge in [-0.2, -0.15) is 5.26 Å². The summed E-state index contributed by atoms with van der Waals surface area (Å²) >= 11 is 0. The van der Waals surface area contributed by atoms with Gasteiger partial charge in [-0.05, 0) is 32.9 Å². The molecule has 108 valence electrons. The molecule has 0 saturated carbocycles. The van der Waals surface area contributed by atoms with Gasteiger partial charge in [-0.15, -0.1) is 0 Å². The molecule has 5 nitrogen and oxygen atoms in total. The third-order valence-electron chi connectivity index (χ3n) is 2.98. The van der Waals surface area contributed by atoms with Crippen LogP contribution in [0.5, 0.6) is 11.5 Å². The molecular formula is C15H20N2O3. The molecule has 0 bridgehead atoms. The fraction of sp³-hybridized carbons (Fsp3) is 0.467. The Labute approximate surface area is 119 Å². The number of methoxy groups -OCH3 is 1. The third kappa shape index (κ3) is 3.89. The predicted molar refractivity (Wildman–Crippen MR) is 75.7 cm³/mol. The molecule has 1 atom stereocenters. The molecule has 1 aromatic rings. The van der Waals surface area contributed by atoms with Gasteiger partial charge in [0.15, 0.2) is 6.10 Å². The van der Waals surface area contributed by atoms with E-state index in [-0.39, 0.29) is 5.91 Å². The lowest BCUT2D eigenvalue weighted by molar-refractivity contribution is -0.137. The van der Waals surface area contributed by atoms with Crippen molar-refractivity contribution in [1.82, 2.24) is 4.90 Å². The van der Waals surface area contributed by atoms with Crippen molar-refractivity contribution in [2.24, 2.45) is 0 Å². The van der Waals surface area contributed by atoms with Gasteiger partial charge in [0.1, 0.15) is 11.5 Å². The van der Waals surface area contributed by atoms with Crippen molar-refractivity contribution < 1.29 is 14.3 Å². The van der Waals surface area contributed by atoms with Crippen molar-refractivity contribution in [3.8, 4) is 17.6 Å². The van der Waals surface area contributed by atoms with Crippen LogP contribution in [0.1, 0.15) is 26.3 Å². The zero-order chi connectivity index (χ0) is 15.1. The van der Waals surface area contributed by atoms with Crippen molar-refractivity contribution in [3.05, 3.63) is 23.8 Å². The fourth-order valence-corrected chi connectivity index (χ4v) is 1.87. The van der Waals surface area contributed by atoms with Gasteiger partial charge in [0.05, 0.1) is 18.7 Å². The number of nitriles is 1. The first-order chi connectivity index (χ1) is 9.55. The second-order valence-electron chi connectivity index (χ2n) is 4.28. The van der Waals surface area contributed by atoms with Crippen LogP contribution in [0.4, 0.5) is 0 Å². The molecule has 5 heteroatoms. The van der Waals surface area contributed by atoms with E-state index in [1.54, 1.807) is 30.0 Å². The van der Waals surface area contributed by atoms with Gasteiger partial charge in [0, 0.05) is 19.2 Å². The van der Waals surface area contributed by atoms with Gasteiger partial charge in [-0.3, -0.25) is 4.79 Å². The molecular weight excluding hydrogens is 256 g/mol. The number of ether oxygens (including phenoxy) is 2. The van der Waals surface area contributed by atoms with Crippen molar-refractivity contribution in [2.45, 2.75) is 26.9 Å². The molecule has 0 saturated heterocycles.